The molecule has 3 rings (SSSR count). The molecule has 3 aromatic rings. The second-order valence-corrected chi connectivity index (χ2v) is 7.67. The third-order valence-electron chi connectivity index (χ3n) is 3.41. The predicted octanol–water partition coefficient (Wildman–Crippen LogP) is 3.40. The van der Waals surface area contributed by atoms with E-state index in [2.05, 4.69) is 20.9 Å². The van der Waals surface area contributed by atoms with E-state index in [1.54, 1.807) is 31.2 Å². The molecule has 6 nitrogen and oxygen atoms in total. The van der Waals surface area contributed by atoms with Gasteiger partial charge in [0.15, 0.2) is 5.65 Å². The van der Waals surface area contributed by atoms with Gasteiger partial charge in [0.25, 0.3) is 10.0 Å². The molecule has 0 saturated carbocycles. The van der Waals surface area contributed by atoms with Gasteiger partial charge >= 0.3 is 0 Å². The highest BCUT2D eigenvalue weighted by molar-refractivity contribution is 9.10. The van der Waals surface area contributed by atoms with Crippen LogP contribution in [0.3, 0.4) is 0 Å². The largest absolute Gasteiger partial charge is 0.478 e. The van der Waals surface area contributed by atoms with Crippen LogP contribution in [0, 0.1) is 5.41 Å². The molecule has 0 saturated heterocycles. The second kappa shape index (κ2) is 6.37. The summed E-state index contributed by atoms with van der Waals surface area (Å²) in [6.07, 6.45) is 2.90. The molecule has 2 aromatic heterocycles. The van der Waals surface area contributed by atoms with Gasteiger partial charge in [-0.1, -0.05) is 18.2 Å². The normalized spacial score (nSPS) is 11.6. The molecule has 0 unspecified atom stereocenters. The van der Waals surface area contributed by atoms with Crippen LogP contribution in [0.4, 0.5) is 0 Å². The van der Waals surface area contributed by atoms with Crippen LogP contribution in [-0.4, -0.2) is 29.9 Å². The van der Waals surface area contributed by atoms with Crippen LogP contribution in [0.15, 0.2) is 58.2 Å². The molecule has 0 fully saturated rings. The van der Waals surface area contributed by atoms with Gasteiger partial charge < -0.3 is 4.74 Å². The van der Waals surface area contributed by atoms with E-state index in [4.69, 9.17) is 10.1 Å². The summed E-state index contributed by atoms with van der Waals surface area (Å²) in [6, 6.07) is 9.83. The number of nitrogens with zero attached hydrogens (tertiary/aromatic N) is 2. The third kappa shape index (κ3) is 2.83. The van der Waals surface area contributed by atoms with Crippen LogP contribution in [0.1, 0.15) is 12.5 Å². The Bertz CT molecular complexity index is 1010. The monoisotopic (exact) mass is 407 g/mol. The summed E-state index contributed by atoms with van der Waals surface area (Å²) in [5.41, 5.74) is 0.627. The Morgan fingerprint density at radius 2 is 2.04 bits per heavy atom. The number of fused-ring (bicyclic) bond motifs is 1. The number of pyridine rings is 1. The van der Waals surface area contributed by atoms with Crippen molar-refractivity contribution < 1.29 is 13.2 Å². The molecular formula is C16H14BrN3O3S. The number of hydrogen-bond acceptors (Lipinski definition) is 5. The minimum absolute atomic E-state index is 0.0931. The molecule has 0 radical (unpaired) electrons. The first-order chi connectivity index (χ1) is 11.4. The second-order valence-electron chi connectivity index (χ2n) is 4.94. The van der Waals surface area contributed by atoms with Gasteiger partial charge in [0.1, 0.15) is 0 Å². The topological polar surface area (TPSA) is 85.0 Å². The molecule has 24 heavy (non-hydrogen) atoms. The molecule has 1 aromatic carbocycles. The number of nitrogens with one attached hydrogen (secondary N) is 1. The molecule has 1 N–H and O–H groups in total. The highest BCUT2D eigenvalue weighted by Crippen LogP contribution is 2.27. The van der Waals surface area contributed by atoms with Crippen molar-refractivity contribution in [2.45, 2.75) is 11.8 Å². The minimum Gasteiger partial charge on any atom is -0.478 e. The quantitative estimate of drug-likeness (QED) is 0.530. The Kier molecular flexibility index (Phi) is 4.42. The number of hydrogen-bond donors (Lipinski definition) is 1. The molecule has 0 spiro atoms. The lowest BCUT2D eigenvalue weighted by molar-refractivity contribution is 0.326. The van der Waals surface area contributed by atoms with Gasteiger partial charge in [-0.15, -0.1) is 0 Å². The van der Waals surface area contributed by atoms with Crippen molar-refractivity contribution in [3.05, 3.63) is 58.8 Å². The average Bonchev–Trinajstić information content (AvgIpc) is 2.95. The number of ether oxygens (including phenoxy) is 1. The molecule has 2 heterocycles. The van der Waals surface area contributed by atoms with E-state index in [0.717, 1.165) is 3.97 Å². The fourth-order valence-electron chi connectivity index (χ4n) is 2.35. The lowest BCUT2D eigenvalue weighted by Gasteiger charge is -2.06. The maximum absolute atomic E-state index is 12.9. The molecule has 0 amide bonds. The highest BCUT2D eigenvalue weighted by atomic mass is 79.9. The minimum atomic E-state index is -3.82. The van der Waals surface area contributed by atoms with Crippen molar-refractivity contribution in [1.29, 1.82) is 5.41 Å². The van der Waals surface area contributed by atoms with Crippen LogP contribution in [-0.2, 0) is 14.8 Å². The van der Waals surface area contributed by atoms with E-state index >= 15 is 0 Å². The average molecular weight is 408 g/mol. The van der Waals surface area contributed by atoms with Crippen LogP contribution < -0.4 is 0 Å². The van der Waals surface area contributed by atoms with Crippen molar-refractivity contribution in [2.24, 2.45) is 0 Å². The fourth-order valence-corrected chi connectivity index (χ4v) is 4.02. The number of aromatic nitrogens is 2. The summed E-state index contributed by atoms with van der Waals surface area (Å²) < 4.78 is 32.9. The standard InChI is InChI=1S/C16H14BrN3O3S/c1-2-23-15(18)14-10-20(16-13(14)8-11(17)9-19-16)24(21,22)12-6-4-3-5-7-12/h3-10,18H,2H2,1H3. The van der Waals surface area contributed by atoms with Gasteiger partial charge in [-0.2, -0.15) is 0 Å². The third-order valence-corrected chi connectivity index (χ3v) is 5.51. The van der Waals surface area contributed by atoms with Crippen molar-refractivity contribution in [2.75, 3.05) is 6.61 Å². The molecule has 0 aliphatic heterocycles. The van der Waals surface area contributed by atoms with E-state index in [0.29, 0.717) is 22.0 Å². The summed E-state index contributed by atoms with van der Waals surface area (Å²) in [6.45, 7) is 2.08. The van der Waals surface area contributed by atoms with Crippen molar-refractivity contribution in [3.8, 4) is 0 Å². The van der Waals surface area contributed by atoms with E-state index in [1.165, 1.54) is 24.5 Å². The van der Waals surface area contributed by atoms with Crippen molar-refractivity contribution in [1.82, 2.24) is 8.96 Å². The van der Waals surface area contributed by atoms with E-state index in [9.17, 15) is 8.42 Å². The van der Waals surface area contributed by atoms with Crippen LogP contribution in [0.2, 0.25) is 0 Å². The Hall–Kier alpha value is -2.19. The molecule has 124 valence electrons. The first-order valence-corrected chi connectivity index (χ1v) is 9.37. The molecule has 0 bridgehead atoms. The summed E-state index contributed by atoms with van der Waals surface area (Å²) in [4.78, 5) is 4.37. The summed E-state index contributed by atoms with van der Waals surface area (Å²) >= 11 is 3.33. The number of benzene rings is 1. The van der Waals surface area contributed by atoms with E-state index in [1.807, 2.05) is 0 Å². The summed E-state index contributed by atoms with van der Waals surface area (Å²) in [5.74, 6) is -0.0931. The number of halogens is 1. The molecular weight excluding hydrogens is 394 g/mol. The first kappa shape index (κ1) is 16.7. The summed E-state index contributed by atoms with van der Waals surface area (Å²) in [5, 5.41) is 8.56. The molecule has 8 heteroatoms. The van der Waals surface area contributed by atoms with Crippen LogP contribution in [0.5, 0.6) is 0 Å². The SMILES string of the molecule is CCOC(=N)c1cn(S(=O)(=O)c2ccccc2)c2ncc(Br)cc12. The zero-order valence-electron chi connectivity index (χ0n) is 12.7. The van der Waals surface area contributed by atoms with Crippen molar-refractivity contribution in [3.63, 3.8) is 0 Å². The number of rotatable bonds is 4. The lowest BCUT2D eigenvalue weighted by Crippen LogP contribution is -2.12. The molecule has 0 aliphatic carbocycles. The van der Waals surface area contributed by atoms with Gasteiger partial charge in [-0.3, -0.25) is 5.41 Å². The Balaban J connectivity index is 2.28. The Morgan fingerprint density at radius 1 is 1.33 bits per heavy atom. The van der Waals surface area contributed by atoms with Gasteiger partial charge in [0.2, 0.25) is 5.90 Å². The predicted molar refractivity (Wildman–Crippen MR) is 94.9 cm³/mol. The van der Waals surface area contributed by atoms with Crippen LogP contribution >= 0.6 is 15.9 Å². The smallest absolute Gasteiger partial charge is 0.269 e. The zero-order chi connectivity index (χ0) is 17.3. The van der Waals surface area contributed by atoms with E-state index in [-0.39, 0.29) is 16.4 Å². The van der Waals surface area contributed by atoms with Gasteiger partial charge in [0, 0.05) is 22.3 Å². The maximum atomic E-state index is 12.9. The highest BCUT2D eigenvalue weighted by Gasteiger charge is 2.24. The molecule has 0 aliphatic rings. The Labute approximate surface area is 147 Å². The lowest BCUT2D eigenvalue weighted by atomic mass is 10.2. The van der Waals surface area contributed by atoms with Crippen molar-refractivity contribution >= 4 is 42.9 Å². The van der Waals surface area contributed by atoms with E-state index < -0.39 is 10.0 Å². The van der Waals surface area contributed by atoms with Gasteiger partial charge in [-0.25, -0.2) is 17.4 Å². The van der Waals surface area contributed by atoms with Crippen LogP contribution in [0.25, 0.3) is 11.0 Å². The maximum Gasteiger partial charge on any atom is 0.269 e. The van der Waals surface area contributed by atoms with Gasteiger partial charge in [-0.05, 0) is 41.1 Å². The summed E-state index contributed by atoms with van der Waals surface area (Å²) in [7, 11) is -3.82. The first-order valence-electron chi connectivity index (χ1n) is 7.14. The fraction of sp³-hybridized carbons (Fsp3) is 0.125. The van der Waals surface area contributed by atoms with Gasteiger partial charge in [0.05, 0.1) is 17.1 Å². The zero-order valence-corrected chi connectivity index (χ0v) is 15.1. The Morgan fingerprint density at radius 3 is 2.71 bits per heavy atom. The molecule has 0 atom stereocenters.